The third-order valence-electron chi connectivity index (χ3n) is 5.02. The molecule has 144 valence electrons. The summed E-state index contributed by atoms with van der Waals surface area (Å²) in [4.78, 5) is 2.38. The minimum atomic E-state index is -0.465. The van der Waals surface area contributed by atoms with Gasteiger partial charge in [-0.2, -0.15) is 0 Å². The van der Waals surface area contributed by atoms with Crippen LogP contribution in [0, 0.1) is 0 Å². The van der Waals surface area contributed by atoms with Gasteiger partial charge in [0, 0.05) is 13.1 Å². The SMILES string of the molecule is C=CCC[C@@H](O)[C@@H](c1ccccc1)N(Cc1ccccc1)Cc1ccccc1. The Morgan fingerprint density at radius 1 is 0.750 bits per heavy atom. The lowest BCUT2D eigenvalue weighted by Crippen LogP contribution is -2.36. The molecule has 0 aliphatic heterocycles. The molecule has 0 unspecified atom stereocenters. The molecule has 0 aromatic heterocycles. The lowest BCUT2D eigenvalue weighted by atomic mass is 9.95. The van der Waals surface area contributed by atoms with Crippen LogP contribution < -0.4 is 0 Å². The van der Waals surface area contributed by atoms with Gasteiger partial charge in [0.25, 0.3) is 0 Å². The van der Waals surface area contributed by atoms with Crippen LogP contribution in [0.25, 0.3) is 0 Å². The molecule has 1 N–H and O–H groups in total. The zero-order chi connectivity index (χ0) is 19.6. The average molecular weight is 372 g/mol. The van der Waals surface area contributed by atoms with Crippen molar-refractivity contribution < 1.29 is 5.11 Å². The molecular weight excluding hydrogens is 342 g/mol. The van der Waals surface area contributed by atoms with Crippen LogP contribution in [0.15, 0.2) is 104 Å². The number of allylic oxidation sites excluding steroid dienone is 1. The maximum absolute atomic E-state index is 11.1. The quantitative estimate of drug-likeness (QED) is 0.458. The van der Waals surface area contributed by atoms with Gasteiger partial charge in [-0.15, -0.1) is 6.58 Å². The Morgan fingerprint density at radius 3 is 1.68 bits per heavy atom. The molecule has 0 saturated heterocycles. The predicted molar refractivity (Wildman–Crippen MR) is 117 cm³/mol. The second-order valence-corrected chi connectivity index (χ2v) is 7.17. The van der Waals surface area contributed by atoms with Crippen LogP contribution in [0.5, 0.6) is 0 Å². The van der Waals surface area contributed by atoms with Crippen molar-refractivity contribution in [2.24, 2.45) is 0 Å². The highest BCUT2D eigenvalue weighted by atomic mass is 16.3. The van der Waals surface area contributed by atoms with Crippen molar-refractivity contribution >= 4 is 0 Å². The van der Waals surface area contributed by atoms with Crippen molar-refractivity contribution in [3.63, 3.8) is 0 Å². The largest absolute Gasteiger partial charge is 0.391 e. The number of aliphatic hydroxyl groups is 1. The van der Waals surface area contributed by atoms with Gasteiger partial charge in [0.15, 0.2) is 0 Å². The third kappa shape index (κ3) is 5.66. The summed E-state index contributed by atoms with van der Waals surface area (Å²) in [7, 11) is 0. The first-order valence-electron chi connectivity index (χ1n) is 9.93. The molecule has 2 atom stereocenters. The highest BCUT2D eigenvalue weighted by molar-refractivity contribution is 5.23. The predicted octanol–water partition coefficient (Wildman–Crippen LogP) is 5.76. The molecule has 0 fully saturated rings. The minimum Gasteiger partial charge on any atom is -0.391 e. The van der Waals surface area contributed by atoms with Crippen LogP contribution in [0.2, 0.25) is 0 Å². The highest BCUT2D eigenvalue weighted by Crippen LogP contribution is 2.30. The Hall–Kier alpha value is -2.68. The molecule has 0 aliphatic rings. The van der Waals surface area contributed by atoms with Crippen LogP contribution in [0.3, 0.4) is 0 Å². The summed E-state index contributed by atoms with van der Waals surface area (Å²) in [5, 5.41) is 11.1. The lowest BCUT2D eigenvalue weighted by molar-refractivity contribution is 0.0336. The molecule has 3 rings (SSSR count). The third-order valence-corrected chi connectivity index (χ3v) is 5.02. The fourth-order valence-corrected chi connectivity index (χ4v) is 3.66. The van der Waals surface area contributed by atoms with Crippen LogP contribution in [0.4, 0.5) is 0 Å². The summed E-state index contributed by atoms with van der Waals surface area (Å²) in [5.74, 6) is 0. The highest BCUT2D eigenvalue weighted by Gasteiger charge is 2.27. The topological polar surface area (TPSA) is 23.5 Å². The molecule has 2 nitrogen and oxygen atoms in total. The van der Waals surface area contributed by atoms with Gasteiger partial charge in [0.2, 0.25) is 0 Å². The van der Waals surface area contributed by atoms with Crippen molar-refractivity contribution in [3.05, 3.63) is 120 Å². The van der Waals surface area contributed by atoms with Crippen molar-refractivity contribution in [2.45, 2.75) is 38.1 Å². The molecule has 0 amide bonds. The van der Waals surface area contributed by atoms with E-state index in [0.717, 1.165) is 25.1 Å². The van der Waals surface area contributed by atoms with Gasteiger partial charge in [-0.05, 0) is 29.5 Å². The lowest BCUT2D eigenvalue weighted by Gasteiger charge is -2.35. The fourth-order valence-electron chi connectivity index (χ4n) is 3.66. The maximum Gasteiger partial charge on any atom is 0.0740 e. The molecule has 28 heavy (non-hydrogen) atoms. The van der Waals surface area contributed by atoms with Crippen molar-refractivity contribution in [2.75, 3.05) is 0 Å². The van der Waals surface area contributed by atoms with E-state index >= 15 is 0 Å². The van der Waals surface area contributed by atoms with Gasteiger partial charge in [0.1, 0.15) is 0 Å². The standard InChI is InChI=1S/C26H29NO/c1-2-3-19-25(28)26(24-17-11-6-12-18-24)27(20-22-13-7-4-8-14-22)21-23-15-9-5-10-16-23/h2,4-18,25-26,28H,1,3,19-21H2/t25-,26-/m1/s1. The van der Waals surface area contributed by atoms with Gasteiger partial charge in [-0.1, -0.05) is 97.1 Å². The average Bonchev–Trinajstić information content (AvgIpc) is 2.74. The van der Waals surface area contributed by atoms with E-state index in [1.165, 1.54) is 11.1 Å². The molecule has 0 spiro atoms. The van der Waals surface area contributed by atoms with Crippen LogP contribution in [-0.2, 0) is 13.1 Å². The first-order chi connectivity index (χ1) is 13.8. The Labute approximate surface area is 168 Å². The Bertz CT molecular complexity index is 775. The molecule has 0 bridgehead atoms. The smallest absolute Gasteiger partial charge is 0.0740 e. The summed E-state index contributed by atoms with van der Waals surface area (Å²) in [6.45, 7) is 5.38. The van der Waals surface area contributed by atoms with Gasteiger partial charge in [-0.3, -0.25) is 4.90 Å². The minimum absolute atomic E-state index is 0.0819. The Kier molecular flexibility index (Phi) is 7.60. The number of hydrogen-bond donors (Lipinski definition) is 1. The molecule has 0 aliphatic carbocycles. The summed E-state index contributed by atoms with van der Waals surface area (Å²) in [6, 6.07) is 31.2. The van der Waals surface area contributed by atoms with E-state index in [9.17, 15) is 5.11 Å². The van der Waals surface area contributed by atoms with Crippen LogP contribution in [0.1, 0.15) is 35.6 Å². The van der Waals surface area contributed by atoms with E-state index < -0.39 is 6.10 Å². The van der Waals surface area contributed by atoms with Crippen LogP contribution >= 0.6 is 0 Å². The van der Waals surface area contributed by atoms with E-state index in [0.29, 0.717) is 6.42 Å². The summed E-state index contributed by atoms with van der Waals surface area (Å²) >= 11 is 0. The van der Waals surface area contributed by atoms with Crippen molar-refractivity contribution in [1.29, 1.82) is 0 Å². The first kappa shape index (κ1) is 20.1. The molecule has 2 heteroatoms. The fraction of sp³-hybridized carbons (Fsp3) is 0.231. The Balaban J connectivity index is 1.95. The molecule has 0 heterocycles. The zero-order valence-corrected chi connectivity index (χ0v) is 16.3. The van der Waals surface area contributed by atoms with Crippen LogP contribution in [-0.4, -0.2) is 16.1 Å². The van der Waals surface area contributed by atoms with E-state index in [-0.39, 0.29) is 6.04 Å². The van der Waals surface area contributed by atoms with E-state index in [2.05, 4.69) is 72.1 Å². The van der Waals surface area contributed by atoms with E-state index in [4.69, 9.17) is 0 Å². The van der Waals surface area contributed by atoms with Gasteiger partial charge in [-0.25, -0.2) is 0 Å². The zero-order valence-electron chi connectivity index (χ0n) is 16.3. The monoisotopic (exact) mass is 371 g/mol. The maximum atomic E-state index is 11.1. The van der Waals surface area contributed by atoms with Crippen molar-refractivity contribution in [3.8, 4) is 0 Å². The van der Waals surface area contributed by atoms with Gasteiger partial charge < -0.3 is 5.11 Å². The van der Waals surface area contributed by atoms with Gasteiger partial charge >= 0.3 is 0 Å². The normalized spacial score (nSPS) is 13.2. The van der Waals surface area contributed by atoms with E-state index in [1.54, 1.807) is 0 Å². The van der Waals surface area contributed by atoms with Gasteiger partial charge in [0.05, 0.1) is 12.1 Å². The first-order valence-corrected chi connectivity index (χ1v) is 9.93. The number of hydrogen-bond acceptors (Lipinski definition) is 2. The summed E-state index contributed by atoms with van der Waals surface area (Å²) in [6.07, 6.45) is 2.91. The molecular formula is C26H29NO. The number of rotatable bonds is 10. The van der Waals surface area contributed by atoms with E-state index in [1.807, 2.05) is 36.4 Å². The molecule has 0 saturated carbocycles. The summed E-state index contributed by atoms with van der Waals surface area (Å²) in [5.41, 5.74) is 3.64. The number of aliphatic hydroxyl groups excluding tert-OH is 1. The second-order valence-electron chi connectivity index (χ2n) is 7.17. The molecule has 0 radical (unpaired) electrons. The summed E-state index contributed by atoms with van der Waals surface area (Å²) < 4.78 is 0. The molecule has 3 aromatic carbocycles. The van der Waals surface area contributed by atoms with Crippen molar-refractivity contribution in [1.82, 2.24) is 4.90 Å². The number of nitrogens with zero attached hydrogens (tertiary/aromatic N) is 1. The second kappa shape index (κ2) is 10.6. The number of benzene rings is 3. The Morgan fingerprint density at radius 2 is 1.21 bits per heavy atom. The molecule has 3 aromatic rings.